The smallest absolute Gasteiger partial charge is 0.175 e. The number of fused-ring (bicyclic) bond motifs is 1. The van der Waals surface area contributed by atoms with E-state index in [9.17, 15) is 4.79 Å². The summed E-state index contributed by atoms with van der Waals surface area (Å²) in [5.74, 6) is 0.513. The quantitative estimate of drug-likeness (QED) is 0.364. The number of H-pyrrole nitrogens is 1. The molecule has 0 spiro atoms. The van der Waals surface area contributed by atoms with Crippen molar-refractivity contribution in [1.82, 2.24) is 14.5 Å². The Balaban J connectivity index is 1.68. The summed E-state index contributed by atoms with van der Waals surface area (Å²) >= 11 is 1.45. The molecule has 3 aromatic rings. The molecule has 0 radical (unpaired) electrons. The molecule has 138 valence electrons. The fourth-order valence-electron chi connectivity index (χ4n) is 3.17. The number of ketones is 1. The number of imidazole rings is 1. The molecule has 6 heteroatoms. The van der Waals surface area contributed by atoms with E-state index in [2.05, 4.69) is 27.5 Å². The Kier molecular flexibility index (Phi) is 5.84. The topological polar surface area (TPSA) is 59.9 Å². The molecule has 0 fully saturated rings. The first-order valence-corrected chi connectivity index (χ1v) is 9.76. The summed E-state index contributed by atoms with van der Waals surface area (Å²) in [7, 11) is 1.71. The van der Waals surface area contributed by atoms with Crippen LogP contribution in [-0.2, 0) is 11.3 Å². The third-order valence-corrected chi connectivity index (χ3v) is 5.43. The van der Waals surface area contributed by atoms with E-state index < -0.39 is 0 Å². The first-order chi connectivity index (χ1) is 12.5. The highest BCUT2D eigenvalue weighted by Gasteiger charge is 2.16. The second kappa shape index (κ2) is 8.10. The van der Waals surface area contributed by atoms with E-state index in [1.807, 2.05) is 32.0 Å². The maximum Gasteiger partial charge on any atom is 0.175 e. The zero-order valence-electron chi connectivity index (χ0n) is 15.8. The van der Waals surface area contributed by atoms with Crippen molar-refractivity contribution in [3.05, 3.63) is 46.8 Å². The Hall–Kier alpha value is -2.05. The SMILES string of the molecule is COCCCn1c(C)cc(C(=O)CSc2nc3ccc(C)cc3[nH]2)c1C. The molecule has 5 nitrogen and oxygen atoms in total. The van der Waals surface area contributed by atoms with Gasteiger partial charge in [-0.25, -0.2) is 4.98 Å². The summed E-state index contributed by atoms with van der Waals surface area (Å²) < 4.78 is 7.32. The van der Waals surface area contributed by atoms with E-state index in [0.717, 1.165) is 52.7 Å². The lowest BCUT2D eigenvalue weighted by molar-refractivity contribution is 0.102. The van der Waals surface area contributed by atoms with Gasteiger partial charge in [-0.15, -0.1) is 0 Å². The number of Topliss-reactive ketones (excluding diaryl/α,β-unsaturated/α-hetero) is 1. The molecule has 0 aliphatic rings. The number of aromatic nitrogens is 3. The summed E-state index contributed by atoms with van der Waals surface area (Å²) in [6.07, 6.45) is 0.938. The molecule has 3 rings (SSSR count). The van der Waals surface area contributed by atoms with Gasteiger partial charge in [0.1, 0.15) is 0 Å². The molecular weight excluding hydrogens is 346 g/mol. The van der Waals surface area contributed by atoms with Crippen LogP contribution in [0.1, 0.15) is 33.7 Å². The van der Waals surface area contributed by atoms with Gasteiger partial charge >= 0.3 is 0 Å². The van der Waals surface area contributed by atoms with Gasteiger partial charge in [0.15, 0.2) is 10.9 Å². The molecule has 0 saturated heterocycles. The fourth-order valence-corrected chi connectivity index (χ4v) is 3.94. The number of rotatable bonds is 8. The predicted molar refractivity (Wildman–Crippen MR) is 106 cm³/mol. The van der Waals surface area contributed by atoms with Crippen molar-refractivity contribution in [2.24, 2.45) is 0 Å². The number of nitrogens with zero attached hydrogens (tertiary/aromatic N) is 2. The lowest BCUT2D eigenvalue weighted by atomic mass is 10.2. The largest absolute Gasteiger partial charge is 0.385 e. The monoisotopic (exact) mass is 371 g/mol. The highest BCUT2D eigenvalue weighted by molar-refractivity contribution is 7.99. The van der Waals surface area contributed by atoms with Crippen molar-refractivity contribution in [2.75, 3.05) is 19.5 Å². The van der Waals surface area contributed by atoms with E-state index in [0.29, 0.717) is 5.75 Å². The van der Waals surface area contributed by atoms with Crippen molar-refractivity contribution >= 4 is 28.6 Å². The summed E-state index contributed by atoms with van der Waals surface area (Å²) in [4.78, 5) is 20.5. The van der Waals surface area contributed by atoms with Crippen LogP contribution in [0.25, 0.3) is 11.0 Å². The van der Waals surface area contributed by atoms with Crippen LogP contribution in [0.5, 0.6) is 0 Å². The second-order valence-corrected chi connectivity index (χ2v) is 7.52. The average molecular weight is 372 g/mol. The molecule has 0 bridgehead atoms. The zero-order chi connectivity index (χ0) is 18.7. The van der Waals surface area contributed by atoms with Crippen LogP contribution in [0.2, 0.25) is 0 Å². The number of thioether (sulfide) groups is 1. The van der Waals surface area contributed by atoms with Gasteiger partial charge in [0.25, 0.3) is 0 Å². The molecule has 26 heavy (non-hydrogen) atoms. The second-order valence-electron chi connectivity index (χ2n) is 6.56. The van der Waals surface area contributed by atoms with Gasteiger partial charge < -0.3 is 14.3 Å². The van der Waals surface area contributed by atoms with Gasteiger partial charge in [-0.2, -0.15) is 0 Å². The number of ether oxygens (including phenoxy) is 1. The Morgan fingerprint density at radius 3 is 2.85 bits per heavy atom. The highest BCUT2D eigenvalue weighted by Crippen LogP contribution is 2.23. The third-order valence-electron chi connectivity index (χ3n) is 4.56. The van der Waals surface area contributed by atoms with Crippen molar-refractivity contribution in [1.29, 1.82) is 0 Å². The molecular formula is C20H25N3O2S. The number of benzene rings is 1. The molecule has 0 aliphatic heterocycles. The van der Waals surface area contributed by atoms with Crippen molar-refractivity contribution in [3.8, 4) is 0 Å². The Bertz CT molecular complexity index is 927. The highest BCUT2D eigenvalue weighted by atomic mass is 32.2. The minimum atomic E-state index is 0.137. The number of carbonyl (C=O) groups is 1. The lowest BCUT2D eigenvalue weighted by Crippen LogP contribution is -2.08. The summed E-state index contributed by atoms with van der Waals surface area (Å²) in [6, 6.07) is 8.11. The van der Waals surface area contributed by atoms with E-state index in [1.165, 1.54) is 17.3 Å². The molecule has 0 aliphatic carbocycles. The number of methoxy groups -OCH3 is 1. The Morgan fingerprint density at radius 2 is 2.08 bits per heavy atom. The normalized spacial score (nSPS) is 11.4. The lowest BCUT2D eigenvalue weighted by Gasteiger charge is -2.09. The molecule has 0 atom stereocenters. The first-order valence-electron chi connectivity index (χ1n) is 8.77. The van der Waals surface area contributed by atoms with E-state index in [1.54, 1.807) is 7.11 Å². The van der Waals surface area contributed by atoms with Crippen LogP contribution in [0.4, 0.5) is 0 Å². The summed E-state index contributed by atoms with van der Waals surface area (Å²) in [5.41, 5.74) is 6.09. The minimum absolute atomic E-state index is 0.137. The molecule has 2 aromatic heterocycles. The molecule has 0 saturated carbocycles. The predicted octanol–water partition coefficient (Wildman–Crippen LogP) is 4.30. The minimum Gasteiger partial charge on any atom is -0.385 e. The number of nitrogens with one attached hydrogen (secondary N) is 1. The van der Waals surface area contributed by atoms with Gasteiger partial charge in [-0.3, -0.25) is 4.79 Å². The Morgan fingerprint density at radius 1 is 1.27 bits per heavy atom. The fraction of sp³-hybridized carbons (Fsp3) is 0.400. The number of carbonyl (C=O) groups excluding carboxylic acids is 1. The maximum atomic E-state index is 12.7. The molecule has 0 unspecified atom stereocenters. The number of aryl methyl sites for hydroxylation is 2. The first kappa shape index (κ1) is 18.7. The zero-order valence-corrected chi connectivity index (χ0v) is 16.6. The van der Waals surface area contributed by atoms with E-state index in [4.69, 9.17) is 4.74 Å². The number of hydrogen-bond acceptors (Lipinski definition) is 4. The van der Waals surface area contributed by atoms with Gasteiger partial charge in [0.05, 0.1) is 16.8 Å². The van der Waals surface area contributed by atoms with Crippen molar-refractivity contribution in [2.45, 2.75) is 38.9 Å². The summed E-state index contributed by atoms with van der Waals surface area (Å²) in [5, 5.41) is 0.785. The van der Waals surface area contributed by atoms with Crippen LogP contribution in [0, 0.1) is 20.8 Å². The molecule has 1 aromatic carbocycles. The molecule has 0 amide bonds. The van der Waals surface area contributed by atoms with E-state index in [-0.39, 0.29) is 5.78 Å². The van der Waals surface area contributed by atoms with Crippen molar-refractivity contribution < 1.29 is 9.53 Å². The molecule has 2 heterocycles. The van der Waals surface area contributed by atoms with Gasteiger partial charge in [0.2, 0.25) is 0 Å². The van der Waals surface area contributed by atoms with Crippen LogP contribution in [0.15, 0.2) is 29.4 Å². The standard InChI is InChI=1S/C20H25N3O2S/c1-13-6-7-17-18(10-13)22-20(21-17)26-12-19(24)16-11-14(2)23(15(16)3)8-5-9-25-4/h6-7,10-11H,5,8-9,12H2,1-4H3,(H,21,22). The summed E-state index contributed by atoms with van der Waals surface area (Å²) in [6.45, 7) is 7.71. The average Bonchev–Trinajstić information content (AvgIpc) is 3.14. The van der Waals surface area contributed by atoms with Gasteiger partial charge in [0, 0.05) is 37.2 Å². The van der Waals surface area contributed by atoms with Crippen LogP contribution < -0.4 is 0 Å². The number of hydrogen-bond donors (Lipinski definition) is 1. The Labute approximate surface area is 158 Å². The third kappa shape index (κ3) is 4.02. The van der Waals surface area contributed by atoms with Gasteiger partial charge in [-0.1, -0.05) is 17.8 Å². The van der Waals surface area contributed by atoms with Crippen LogP contribution in [-0.4, -0.2) is 39.8 Å². The van der Waals surface area contributed by atoms with Gasteiger partial charge in [-0.05, 0) is 51.0 Å². The van der Waals surface area contributed by atoms with Crippen LogP contribution >= 0.6 is 11.8 Å². The van der Waals surface area contributed by atoms with E-state index >= 15 is 0 Å². The van der Waals surface area contributed by atoms with Crippen molar-refractivity contribution in [3.63, 3.8) is 0 Å². The number of aromatic amines is 1. The molecule has 1 N–H and O–H groups in total. The van der Waals surface area contributed by atoms with Crippen LogP contribution in [0.3, 0.4) is 0 Å². The maximum absolute atomic E-state index is 12.7.